The van der Waals surface area contributed by atoms with Crippen molar-refractivity contribution in [2.24, 2.45) is 0 Å². The number of hydrogen-bond donors (Lipinski definition) is 1. The van der Waals surface area contributed by atoms with Crippen LogP contribution < -0.4 is 0 Å². The van der Waals surface area contributed by atoms with Crippen molar-refractivity contribution in [2.75, 3.05) is 0 Å². The van der Waals surface area contributed by atoms with E-state index < -0.39 is 6.10 Å². The quantitative estimate of drug-likeness (QED) is 0.743. The van der Waals surface area contributed by atoms with Gasteiger partial charge in [0, 0.05) is 5.02 Å². The number of aliphatic hydroxyl groups is 1. The Kier molecular flexibility index (Phi) is 4.23. The highest BCUT2D eigenvalue weighted by atomic mass is 35.5. The maximum Gasteiger partial charge on any atom is 0.0621 e. The van der Waals surface area contributed by atoms with Gasteiger partial charge in [0.05, 0.1) is 6.10 Å². The molecule has 1 nitrogen and oxygen atoms in total. The predicted molar refractivity (Wildman–Crippen MR) is 88.8 cm³/mol. The van der Waals surface area contributed by atoms with Crippen LogP contribution in [-0.2, 0) is 12.8 Å². The second-order valence-electron chi connectivity index (χ2n) is 5.33. The van der Waals surface area contributed by atoms with Crippen molar-refractivity contribution >= 4 is 22.4 Å². The molecule has 0 saturated carbocycles. The van der Waals surface area contributed by atoms with Gasteiger partial charge in [-0.15, -0.1) is 0 Å². The summed E-state index contributed by atoms with van der Waals surface area (Å²) < 4.78 is 0. The van der Waals surface area contributed by atoms with Crippen LogP contribution in [0.15, 0.2) is 66.7 Å². The Balaban J connectivity index is 1.79. The van der Waals surface area contributed by atoms with Gasteiger partial charge in [0.25, 0.3) is 0 Å². The average Bonchev–Trinajstić information content (AvgIpc) is 2.47. The molecule has 0 radical (unpaired) electrons. The maximum atomic E-state index is 10.4. The molecule has 0 fully saturated rings. The van der Waals surface area contributed by atoms with Gasteiger partial charge in [-0.1, -0.05) is 66.2 Å². The van der Waals surface area contributed by atoms with Gasteiger partial charge in [0.15, 0.2) is 0 Å². The summed E-state index contributed by atoms with van der Waals surface area (Å²) in [4.78, 5) is 0. The first kappa shape index (κ1) is 14.1. The Morgan fingerprint density at radius 2 is 1.62 bits per heavy atom. The summed E-state index contributed by atoms with van der Waals surface area (Å²) in [5.74, 6) is 0. The summed E-state index contributed by atoms with van der Waals surface area (Å²) in [6.45, 7) is 0. The van der Waals surface area contributed by atoms with E-state index in [0.29, 0.717) is 17.9 Å². The van der Waals surface area contributed by atoms with Gasteiger partial charge in [-0.25, -0.2) is 0 Å². The molecule has 3 aromatic rings. The highest BCUT2D eigenvalue weighted by Gasteiger charge is 2.09. The van der Waals surface area contributed by atoms with Gasteiger partial charge in [-0.2, -0.15) is 0 Å². The van der Waals surface area contributed by atoms with Crippen molar-refractivity contribution in [3.05, 3.63) is 82.9 Å². The first-order valence-electron chi connectivity index (χ1n) is 7.11. The second-order valence-corrected chi connectivity index (χ2v) is 5.77. The molecule has 0 aliphatic rings. The lowest BCUT2D eigenvalue weighted by molar-refractivity contribution is 0.176. The van der Waals surface area contributed by atoms with Crippen LogP contribution in [0.1, 0.15) is 11.1 Å². The third-order valence-corrected chi connectivity index (χ3v) is 3.93. The molecule has 0 heterocycles. The van der Waals surface area contributed by atoms with Crippen LogP contribution in [0.2, 0.25) is 5.02 Å². The molecule has 1 N–H and O–H groups in total. The van der Waals surface area contributed by atoms with Gasteiger partial charge in [0.2, 0.25) is 0 Å². The highest BCUT2D eigenvalue weighted by Crippen LogP contribution is 2.21. The topological polar surface area (TPSA) is 20.2 Å². The van der Waals surface area contributed by atoms with E-state index in [1.54, 1.807) is 0 Å². The van der Waals surface area contributed by atoms with Gasteiger partial charge in [0.1, 0.15) is 0 Å². The van der Waals surface area contributed by atoms with E-state index in [9.17, 15) is 5.11 Å². The minimum atomic E-state index is -0.408. The van der Waals surface area contributed by atoms with Crippen LogP contribution in [-0.4, -0.2) is 11.2 Å². The Morgan fingerprint density at radius 3 is 2.48 bits per heavy atom. The standard InChI is InChI=1S/C19H17ClO/c20-17-9-3-5-14(11-17)12-18(21)13-16-8-4-7-15-6-1-2-10-19(15)16/h1-11,18,21H,12-13H2. The van der Waals surface area contributed by atoms with E-state index in [2.05, 4.69) is 24.3 Å². The summed E-state index contributed by atoms with van der Waals surface area (Å²) >= 11 is 5.98. The first-order chi connectivity index (χ1) is 10.2. The van der Waals surface area contributed by atoms with Crippen LogP contribution in [0, 0.1) is 0 Å². The molecule has 0 bridgehead atoms. The second kappa shape index (κ2) is 6.30. The molecule has 3 rings (SSSR count). The number of aliphatic hydroxyl groups excluding tert-OH is 1. The van der Waals surface area contributed by atoms with Crippen molar-refractivity contribution < 1.29 is 5.11 Å². The van der Waals surface area contributed by atoms with Crippen LogP contribution in [0.3, 0.4) is 0 Å². The molecule has 21 heavy (non-hydrogen) atoms. The Morgan fingerprint density at radius 1 is 0.857 bits per heavy atom. The van der Waals surface area contributed by atoms with Crippen molar-refractivity contribution in [1.29, 1.82) is 0 Å². The van der Waals surface area contributed by atoms with Crippen LogP contribution in [0.4, 0.5) is 0 Å². The van der Waals surface area contributed by atoms with E-state index in [0.717, 1.165) is 5.56 Å². The van der Waals surface area contributed by atoms with Crippen molar-refractivity contribution in [3.8, 4) is 0 Å². The molecule has 1 unspecified atom stereocenters. The zero-order valence-electron chi connectivity index (χ0n) is 11.7. The molecule has 1 atom stereocenters. The molecule has 3 aromatic carbocycles. The summed E-state index contributed by atoms with van der Waals surface area (Å²) in [5.41, 5.74) is 2.25. The van der Waals surface area contributed by atoms with Gasteiger partial charge < -0.3 is 5.11 Å². The van der Waals surface area contributed by atoms with Crippen molar-refractivity contribution in [2.45, 2.75) is 18.9 Å². The van der Waals surface area contributed by atoms with Crippen LogP contribution in [0.25, 0.3) is 10.8 Å². The number of hydrogen-bond acceptors (Lipinski definition) is 1. The van der Waals surface area contributed by atoms with E-state index in [4.69, 9.17) is 11.6 Å². The molecule has 0 aromatic heterocycles. The Labute approximate surface area is 129 Å². The molecule has 2 heteroatoms. The number of fused-ring (bicyclic) bond motifs is 1. The highest BCUT2D eigenvalue weighted by molar-refractivity contribution is 6.30. The molecule has 0 spiro atoms. The van der Waals surface area contributed by atoms with Crippen LogP contribution >= 0.6 is 11.6 Å². The lowest BCUT2D eigenvalue weighted by Crippen LogP contribution is -2.14. The molecule has 0 saturated heterocycles. The SMILES string of the molecule is OC(Cc1cccc(Cl)c1)Cc1cccc2ccccc12. The zero-order chi connectivity index (χ0) is 14.7. The molecular formula is C19H17ClO. The summed E-state index contributed by atoms with van der Waals surface area (Å²) in [5, 5.41) is 13.5. The normalized spacial score (nSPS) is 12.5. The van der Waals surface area contributed by atoms with E-state index in [1.807, 2.05) is 42.5 Å². The molecule has 106 valence electrons. The van der Waals surface area contributed by atoms with Gasteiger partial charge in [-0.3, -0.25) is 0 Å². The third-order valence-electron chi connectivity index (χ3n) is 3.70. The number of rotatable bonds is 4. The molecule has 0 amide bonds. The number of halogens is 1. The predicted octanol–water partition coefficient (Wildman–Crippen LogP) is 4.64. The number of benzene rings is 3. The van der Waals surface area contributed by atoms with E-state index in [1.165, 1.54) is 16.3 Å². The van der Waals surface area contributed by atoms with Crippen LogP contribution in [0.5, 0.6) is 0 Å². The Bertz CT molecular complexity index is 746. The lowest BCUT2D eigenvalue weighted by atomic mass is 9.97. The summed E-state index contributed by atoms with van der Waals surface area (Å²) in [6.07, 6.45) is 0.853. The molecular weight excluding hydrogens is 280 g/mol. The fraction of sp³-hybridized carbons (Fsp3) is 0.158. The average molecular weight is 297 g/mol. The monoisotopic (exact) mass is 296 g/mol. The molecule has 0 aliphatic carbocycles. The first-order valence-corrected chi connectivity index (χ1v) is 7.49. The zero-order valence-corrected chi connectivity index (χ0v) is 12.4. The summed E-state index contributed by atoms with van der Waals surface area (Å²) in [7, 11) is 0. The largest absolute Gasteiger partial charge is 0.392 e. The molecule has 0 aliphatic heterocycles. The summed E-state index contributed by atoms with van der Waals surface area (Å²) in [6, 6.07) is 22.2. The van der Waals surface area contributed by atoms with Crippen molar-refractivity contribution in [3.63, 3.8) is 0 Å². The van der Waals surface area contributed by atoms with E-state index >= 15 is 0 Å². The minimum absolute atomic E-state index is 0.408. The van der Waals surface area contributed by atoms with Gasteiger partial charge in [-0.05, 0) is 46.9 Å². The fourth-order valence-corrected chi connectivity index (χ4v) is 2.95. The van der Waals surface area contributed by atoms with Gasteiger partial charge >= 0.3 is 0 Å². The lowest BCUT2D eigenvalue weighted by Gasteiger charge is -2.13. The smallest absolute Gasteiger partial charge is 0.0621 e. The Hall–Kier alpha value is -1.83. The van der Waals surface area contributed by atoms with E-state index in [-0.39, 0.29) is 0 Å². The fourth-order valence-electron chi connectivity index (χ4n) is 2.73. The van der Waals surface area contributed by atoms with Crippen molar-refractivity contribution in [1.82, 2.24) is 0 Å². The third kappa shape index (κ3) is 3.44. The minimum Gasteiger partial charge on any atom is -0.392 e. The maximum absolute atomic E-state index is 10.4.